The number of rotatable bonds is 3. The van der Waals surface area contributed by atoms with Crippen molar-refractivity contribution in [3.05, 3.63) is 24.3 Å². The van der Waals surface area contributed by atoms with Crippen molar-refractivity contribution < 1.29 is 4.74 Å². The standard InChI is InChI=1S/C12H11BrN4OS/c1-18-10-4-2-8(3-5-10)11-14-15-12-17(11)16-9(6-13)7-19-12/h2-5H,6-7H2,1H3. The number of hydrogen-bond donors (Lipinski definition) is 0. The molecule has 1 aliphatic heterocycles. The van der Waals surface area contributed by atoms with Crippen LogP contribution in [0.4, 0.5) is 0 Å². The van der Waals surface area contributed by atoms with E-state index in [1.165, 1.54) is 0 Å². The van der Waals surface area contributed by atoms with Gasteiger partial charge in [-0.05, 0) is 24.3 Å². The van der Waals surface area contributed by atoms with E-state index in [2.05, 4.69) is 31.2 Å². The Morgan fingerprint density at radius 2 is 2.11 bits per heavy atom. The summed E-state index contributed by atoms with van der Waals surface area (Å²) >= 11 is 5.08. The minimum Gasteiger partial charge on any atom is -0.497 e. The van der Waals surface area contributed by atoms with E-state index in [-0.39, 0.29) is 0 Å². The summed E-state index contributed by atoms with van der Waals surface area (Å²) in [4.78, 5) is 0. The molecule has 0 saturated heterocycles. The van der Waals surface area contributed by atoms with E-state index >= 15 is 0 Å². The number of alkyl halides is 1. The van der Waals surface area contributed by atoms with Crippen molar-refractivity contribution in [1.29, 1.82) is 0 Å². The fourth-order valence-electron chi connectivity index (χ4n) is 1.75. The predicted octanol–water partition coefficient (Wildman–Crippen LogP) is 2.66. The van der Waals surface area contributed by atoms with E-state index in [0.717, 1.165) is 39.1 Å². The highest BCUT2D eigenvalue weighted by Crippen LogP contribution is 2.28. The largest absolute Gasteiger partial charge is 0.497 e. The minimum atomic E-state index is 0.753. The lowest BCUT2D eigenvalue weighted by molar-refractivity contribution is 0.415. The van der Waals surface area contributed by atoms with Crippen LogP contribution in [0.5, 0.6) is 5.75 Å². The van der Waals surface area contributed by atoms with Crippen LogP contribution in [0.15, 0.2) is 34.5 Å². The molecule has 1 aliphatic rings. The molecule has 0 saturated carbocycles. The third-order valence-corrected chi connectivity index (χ3v) is 4.36. The Bertz CT molecular complexity index is 623. The van der Waals surface area contributed by atoms with Crippen molar-refractivity contribution in [2.75, 3.05) is 18.2 Å². The second kappa shape index (κ2) is 5.34. The number of benzene rings is 1. The van der Waals surface area contributed by atoms with E-state index in [1.54, 1.807) is 23.5 Å². The number of thioether (sulfide) groups is 1. The van der Waals surface area contributed by atoms with Gasteiger partial charge in [-0.1, -0.05) is 27.7 Å². The first kappa shape index (κ1) is 12.7. The molecule has 3 rings (SSSR count). The summed E-state index contributed by atoms with van der Waals surface area (Å²) in [6, 6.07) is 7.72. The van der Waals surface area contributed by atoms with Gasteiger partial charge in [-0.3, -0.25) is 0 Å². The maximum atomic E-state index is 5.15. The quantitative estimate of drug-likeness (QED) is 0.807. The van der Waals surface area contributed by atoms with Crippen LogP contribution in [0.25, 0.3) is 11.4 Å². The van der Waals surface area contributed by atoms with Gasteiger partial charge in [0.05, 0.1) is 12.8 Å². The fraction of sp³-hybridized carbons (Fsp3) is 0.250. The Kier molecular flexibility index (Phi) is 3.56. The summed E-state index contributed by atoms with van der Waals surface area (Å²) in [5, 5.41) is 14.5. The first-order valence-corrected chi connectivity index (χ1v) is 7.78. The highest BCUT2D eigenvalue weighted by atomic mass is 79.9. The SMILES string of the molecule is COc1ccc(-c2nnc3n2N=C(CBr)CS3)cc1. The molecule has 0 unspecified atom stereocenters. The van der Waals surface area contributed by atoms with E-state index < -0.39 is 0 Å². The van der Waals surface area contributed by atoms with Crippen LogP contribution in [0, 0.1) is 0 Å². The van der Waals surface area contributed by atoms with E-state index in [9.17, 15) is 0 Å². The molecule has 2 aromatic rings. The topological polar surface area (TPSA) is 52.3 Å². The van der Waals surface area contributed by atoms with Gasteiger partial charge in [0.15, 0.2) is 5.82 Å². The first-order valence-electron chi connectivity index (χ1n) is 5.67. The molecule has 0 atom stereocenters. The van der Waals surface area contributed by atoms with Crippen LogP contribution in [-0.4, -0.2) is 38.8 Å². The Hall–Kier alpha value is -1.34. The zero-order chi connectivity index (χ0) is 13.2. The summed E-state index contributed by atoms with van der Waals surface area (Å²) in [5.41, 5.74) is 2.05. The number of methoxy groups -OCH3 is 1. The van der Waals surface area contributed by atoms with Crippen molar-refractivity contribution in [2.24, 2.45) is 5.10 Å². The van der Waals surface area contributed by atoms with Crippen LogP contribution in [0.2, 0.25) is 0 Å². The monoisotopic (exact) mass is 338 g/mol. The molecule has 98 valence electrons. The molecule has 19 heavy (non-hydrogen) atoms. The summed E-state index contributed by atoms with van der Waals surface area (Å²) in [7, 11) is 1.65. The molecule has 0 spiro atoms. The van der Waals surface area contributed by atoms with Crippen LogP contribution < -0.4 is 4.74 Å². The minimum absolute atomic E-state index is 0.753. The Morgan fingerprint density at radius 3 is 2.79 bits per heavy atom. The molecule has 7 heteroatoms. The number of aromatic nitrogens is 3. The van der Waals surface area contributed by atoms with Gasteiger partial charge in [0, 0.05) is 16.6 Å². The molecule has 2 heterocycles. The lowest BCUT2D eigenvalue weighted by atomic mass is 10.2. The number of nitrogens with zero attached hydrogens (tertiary/aromatic N) is 4. The Balaban J connectivity index is 2.02. The number of fused-ring (bicyclic) bond motifs is 1. The highest BCUT2D eigenvalue weighted by molar-refractivity contribution is 9.09. The highest BCUT2D eigenvalue weighted by Gasteiger charge is 2.19. The van der Waals surface area contributed by atoms with Crippen LogP contribution in [-0.2, 0) is 0 Å². The molecule has 5 nitrogen and oxygen atoms in total. The van der Waals surface area contributed by atoms with Crippen LogP contribution in [0.3, 0.4) is 0 Å². The second-order valence-electron chi connectivity index (χ2n) is 3.94. The van der Waals surface area contributed by atoms with E-state index in [4.69, 9.17) is 4.74 Å². The maximum absolute atomic E-state index is 5.15. The molecule has 1 aromatic carbocycles. The number of ether oxygens (including phenoxy) is 1. The second-order valence-corrected chi connectivity index (χ2v) is 5.44. The molecule has 0 N–H and O–H groups in total. The lowest BCUT2D eigenvalue weighted by Crippen LogP contribution is -2.13. The Labute approximate surface area is 123 Å². The molecule has 0 radical (unpaired) electrons. The molecule has 1 aromatic heterocycles. The third kappa shape index (κ3) is 2.40. The van der Waals surface area contributed by atoms with Crippen molar-refractivity contribution in [1.82, 2.24) is 14.9 Å². The van der Waals surface area contributed by atoms with Gasteiger partial charge in [-0.25, -0.2) is 0 Å². The van der Waals surface area contributed by atoms with E-state index in [1.807, 2.05) is 24.3 Å². The van der Waals surface area contributed by atoms with Crippen LogP contribution >= 0.6 is 27.7 Å². The van der Waals surface area contributed by atoms with Gasteiger partial charge in [0.2, 0.25) is 5.16 Å². The summed E-state index contributed by atoms with van der Waals surface area (Å²) in [6.45, 7) is 0. The summed E-state index contributed by atoms with van der Waals surface area (Å²) < 4.78 is 6.95. The average molecular weight is 339 g/mol. The molecule has 0 amide bonds. The van der Waals surface area contributed by atoms with Crippen LogP contribution in [0.1, 0.15) is 0 Å². The lowest BCUT2D eigenvalue weighted by Gasteiger charge is -2.11. The van der Waals surface area contributed by atoms with Crippen molar-refractivity contribution in [2.45, 2.75) is 5.16 Å². The zero-order valence-corrected chi connectivity index (χ0v) is 12.6. The van der Waals surface area contributed by atoms with Gasteiger partial charge in [0.1, 0.15) is 5.75 Å². The Morgan fingerprint density at radius 1 is 1.32 bits per heavy atom. The van der Waals surface area contributed by atoms with Gasteiger partial charge in [-0.2, -0.15) is 9.78 Å². The summed E-state index contributed by atoms with van der Waals surface area (Å²) in [5.74, 6) is 2.43. The molecule has 0 fully saturated rings. The van der Waals surface area contributed by atoms with Crippen molar-refractivity contribution in [3.8, 4) is 17.1 Å². The average Bonchev–Trinajstić information content (AvgIpc) is 2.90. The molecule has 0 bridgehead atoms. The molecular formula is C12H11BrN4OS. The van der Waals surface area contributed by atoms with Crippen molar-refractivity contribution in [3.63, 3.8) is 0 Å². The normalized spacial score (nSPS) is 13.9. The third-order valence-electron chi connectivity index (χ3n) is 2.72. The number of hydrogen-bond acceptors (Lipinski definition) is 5. The van der Waals surface area contributed by atoms with E-state index in [0.29, 0.717) is 0 Å². The molecule has 0 aliphatic carbocycles. The summed E-state index contributed by atoms with van der Waals surface area (Å²) in [6.07, 6.45) is 0. The smallest absolute Gasteiger partial charge is 0.212 e. The van der Waals surface area contributed by atoms with Crippen molar-refractivity contribution >= 4 is 33.4 Å². The predicted molar refractivity (Wildman–Crippen MR) is 79.4 cm³/mol. The van der Waals surface area contributed by atoms with Gasteiger partial charge < -0.3 is 4.74 Å². The zero-order valence-electron chi connectivity index (χ0n) is 10.2. The molecular weight excluding hydrogens is 328 g/mol. The first-order chi connectivity index (χ1) is 9.31. The van der Waals surface area contributed by atoms with Gasteiger partial charge >= 0.3 is 0 Å². The number of halogens is 1. The van der Waals surface area contributed by atoms with Gasteiger partial charge in [-0.15, -0.1) is 10.2 Å². The maximum Gasteiger partial charge on any atom is 0.212 e. The van der Waals surface area contributed by atoms with Gasteiger partial charge in [0.25, 0.3) is 0 Å². The fourth-order valence-corrected chi connectivity index (χ4v) is 3.13.